The van der Waals surface area contributed by atoms with Gasteiger partial charge in [0.05, 0.1) is 12.9 Å². The van der Waals surface area contributed by atoms with Crippen LogP contribution >= 0.6 is 0 Å². The highest BCUT2D eigenvalue weighted by molar-refractivity contribution is 5.93. The summed E-state index contributed by atoms with van der Waals surface area (Å²) < 4.78 is 0. The van der Waals surface area contributed by atoms with Crippen LogP contribution in [0.25, 0.3) is 0 Å². The van der Waals surface area contributed by atoms with Gasteiger partial charge < -0.3 is 48.3 Å². The summed E-state index contributed by atoms with van der Waals surface area (Å²) in [5, 5.41) is 26.6. The van der Waals surface area contributed by atoms with Crippen LogP contribution in [0.15, 0.2) is 41.8 Å². The zero-order valence-electron chi connectivity index (χ0n) is 20.6. The zero-order valence-corrected chi connectivity index (χ0v) is 20.6. The van der Waals surface area contributed by atoms with Crippen LogP contribution in [0, 0.1) is 0 Å². The number of nitrogens with two attached hydrogens (primary N) is 3. The molecule has 2 aromatic rings. The molecule has 0 aliphatic carbocycles. The minimum absolute atomic E-state index is 0.0290. The standard InChI is InChI=1S/C23H33N9O6/c24-10-19(34)30-17(8-13-3-5-15(33)6-4-13)21(36)31-16(2-1-7-28-23(25)26)20(35)32-18(22(37)38)9-14-11-27-12-29-14/h3-6,11-12,16-18,33H,1-2,7-10,24H2,(H,27,29)(H,30,34)(H,31,36)(H,32,35)(H,37,38)(H4,25,26,28). The van der Waals surface area contributed by atoms with Crippen molar-refractivity contribution in [1.82, 2.24) is 25.9 Å². The molecule has 0 fully saturated rings. The van der Waals surface area contributed by atoms with Gasteiger partial charge in [-0.3, -0.25) is 19.4 Å². The lowest BCUT2D eigenvalue weighted by molar-refractivity contribution is -0.142. The van der Waals surface area contributed by atoms with Crippen molar-refractivity contribution in [3.63, 3.8) is 0 Å². The number of imidazole rings is 1. The van der Waals surface area contributed by atoms with Gasteiger partial charge in [0.15, 0.2) is 5.96 Å². The van der Waals surface area contributed by atoms with Gasteiger partial charge in [-0.05, 0) is 30.5 Å². The van der Waals surface area contributed by atoms with Crippen molar-refractivity contribution in [2.75, 3.05) is 13.1 Å². The molecule has 15 nitrogen and oxygen atoms in total. The molecule has 0 saturated carbocycles. The van der Waals surface area contributed by atoms with Gasteiger partial charge in [0, 0.05) is 31.3 Å². The molecule has 1 aromatic heterocycles. The van der Waals surface area contributed by atoms with Crippen molar-refractivity contribution in [3.8, 4) is 5.75 Å². The number of aromatic hydroxyl groups is 1. The van der Waals surface area contributed by atoms with Crippen molar-refractivity contribution < 1.29 is 29.4 Å². The molecule has 2 rings (SSSR count). The summed E-state index contributed by atoms with van der Waals surface area (Å²) in [6.45, 7) is -0.199. The van der Waals surface area contributed by atoms with Gasteiger partial charge in [0.25, 0.3) is 0 Å². The van der Waals surface area contributed by atoms with Crippen molar-refractivity contribution >= 4 is 29.7 Å². The fourth-order valence-electron chi connectivity index (χ4n) is 3.46. The molecule has 0 aliphatic rings. The normalized spacial score (nSPS) is 13.0. The fourth-order valence-corrected chi connectivity index (χ4v) is 3.46. The number of aliphatic carboxylic acids is 1. The summed E-state index contributed by atoms with van der Waals surface area (Å²) >= 11 is 0. The zero-order chi connectivity index (χ0) is 28.1. The van der Waals surface area contributed by atoms with E-state index in [0.717, 1.165) is 0 Å². The second-order valence-corrected chi connectivity index (χ2v) is 8.39. The molecule has 0 spiro atoms. The number of benzene rings is 1. The van der Waals surface area contributed by atoms with Gasteiger partial charge in [-0.25, -0.2) is 9.78 Å². The lowest BCUT2D eigenvalue weighted by atomic mass is 10.0. The maximum Gasteiger partial charge on any atom is 0.326 e. The van der Waals surface area contributed by atoms with Crippen LogP contribution in [0.2, 0.25) is 0 Å². The Kier molecular flexibility index (Phi) is 11.5. The Balaban J connectivity index is 2.20. The van der Waals surface area contributed by atoms with Crippen LogP contribution in [0.1, 0.15) is 24.1 Å². The average molecular weight is 532 g/mol. The second-order valence-electron chi connectivity index (χ2n) is 8.39. The van der Waals surface area contributed by atoms with Crippen LogP contribution in [-0.4, -0.2) is 81.0 Å². The Bertz CT molecular complexity index is 1100. The summed E-state index contributed by atoms with van der Waals surface area (Å²) in [7, 11) is 0. The number of phenols is 1. The number of aromatic amines is 1. The number of nitrogens with one attached hydrogen (secondary N) is 4. The van der Waals surface area contributed by atoms with E-state index in [4.69, 9.17) is 17.2 Å². The van der Waals surface area contributed by atoms with Crippen LogP contribution in [0.5, 0.6) is 5.75 Å². The van der Waals surface area contributed by atoms with Gasteiger partial charge in [0.2, 0.25) is 17.7 Å². The van der Waals surface area contributed by atoms with Crippen LogP contribution in [-0.2, 0) is 32.0 Å². The molecule has 0 aliphatic heterocycles. The molecule has 3 unspecified atom stereocenters. The minimum atomic E-state index is -1.30. The van der Waals surface area contributed by atoms with E-state index in [1.807, 2.05) is 0 Å². The summed E-state index contributed by atoms with van der Waals surface area (Å²) in [6.07, 6.45) is 3.15. The number of aromatic nitrogens is 2. The SMILES string of the molecule is NCC(=O)NC(Cc1ccc(O)cc1)C(=O)NC(CCCN=C(N)N)C(=O)NC(Cc1cnc[nH]1)C(=O)O. The highest BCUT2D eigenvalue weighted by Gasteiger charge is 2.29. The summed E-state index contributed by atoms with van der Waals surface area (Å²) in [6, 6.07) is 2.44. The molecule has 12 N–H and O–H groups in total. The van der Waals surface area contributed by atoms with Crippen LogP contribution in [0.3, 0.4) is 0 Å². The molecule has 1 aromatic carbocycles. The number of carboxylic acids is 1. The largest absolute Gasteiger partial charge is 0.508 e. The number of carbonyl (C=O) groups is 4. The lowest BCUT2D eigenvalue weighted by Crippen LogP contribution is -2.57. The maximum absolute atomic E-state index is 13.2. The highest BCUT2D eigenvalue weighted by Crippen LogP contribution is 2.12. The van der Waals surface area contributed by atoms with Crippen molar-refractivity contribution in [3.05, 3.63) is 48.0 Å². The molecule has 1 heterocycles. The minimum Gasteiger partial charge on any atom is -0.508 e. The Morgan fingerprint density at radius 1 is 0.974 bits per heavy atom. The number of carboxylic acid groups (broad SMARTS) is 1. The number of hydrogen-bond donors (Lipinski definition) is 9. The third-order valence-electron chi connectivity index (χ3n) is 5.39. The first kappa shape index (κ1) is 29.6. The van der Waals surface area contributed by atoms with E-state index in [2.05, 4.69) is 30.9 Å². The Labute approximate surface area is 218 Å². The maximum atomic E-state index is 13.2. The third-order valence-corrected chi connectivity index (χ3v) is 5.39. The molecular weight excluding hydrogens is 498 g/mol. The predicted molar refractivity (Wildman–Crippen MR) is 136 cm³/mol. The molecule has 0 radical (unpaired) electrons. The van der Waals surface area contributed by atoms with E-state index in [-0.39, 0.29) is 50.5 Å². The van der Waals surface area contributed by atoms with Gasteiger partial charge in [-0.15, -0.1) is 0 Å². The number of phenolic OH excluding ortho intramolecular Hbond substituents is 1. The van der Waals surface area contributed by atoms with Crippen molar-refractivity contribution in [1.29, 1.82) is 0 Å². The summed E-state index contributed by atoms with van der Waals surface area (Å²) in [4.78, 5) is 60.5. The first-order valence-corrected chi connectivity index (χ1v) is 11.7. The number of rotatable bonds is 15. The number of carbonyl (C=O) groups excluding carboxylic acids is 3. The molecule has 0 bridgehead atoms. The first-order chi connectivity index (χ1) is 18.1. The summed E-state index contributed by atoms with van der Waals surface area (Å²) in [5.41, 5.74) is 17.2. The molecular formula is C23H33N9O6. The van der Waals surface area contributed by atoms with E-state index in [1.54, 1.807) is 12.1 Å². The Morgan fingerprint density at radius 3 is 2.21 bits per heavy atom. The van der Waals surface area contributed by atoms with Crippen molar-refractivity contribution in [2.45, 2.75) is 43.8 Å². The molecule has 3 atom stereocenters. The lowest BCUT2D eigenvalue weighted by Gasteiger charge is -2.24. The number of H-pyrrole nitrogens is 1. The quantitative estimate of drug-likeness (QED) is 0.0659. The average Bonchev–Trinajstić information content (AvgIpc) is 3.39. The Hall–Kier alpha value is -4.66. The smallest absolute Gasteiger partial charge is 0.326 e. The van der Waals surface area contributed by atoms with E-state index in [1.165, 1.54) is 24.7 Å². The van der Waals surface area contributed by atoms with Crippen LogP contribution < -0.4 is 33.2 Å². The third kappa shape index (κ3) is 10.1. The van der Waals surface area contributed by atoms with Gasteiger partial charge in [0.1, 0.15) is 23.9 Å². The topological polar surface area (TPSA) is 264 Å². The van der Waals surface area contributed by atoms with E-state index < -0.39 is 41.8 Å². The highest BCUT2D eigenvalue weighted by atomic mass is 16.4. The van der Waals surface area contributed by atoms with E-state index in [9.17, 15) is 29.4 Å². The molecule has 206 valence electrons. The number of hydrogen-bond acceptors (Lipinski definition) is 8. The molecule has 15 heteroatoms. The Morgan fingerprint density at radius 2 is 1.63 bits per heavy atom. The monoisotopic (exact) mass is 531 g/mol. The molecule has 0 saturated heterocycles. The molecule has 38 heavy (non-hydrogen) atoms. The number of aliphatic imine (C=N–C) groups is 1. The van der Waals surface area contributed by atoms with E-state index in [0.29, 0.717) is 11.3 Å². The first-order valence-electron chi connectivity index (χ1n) is 11.7. The summed E-state index contributed by atoms with van der Waals surface area (Å²) in [5.74, 6) is -3.42. The second kappa shape index (κ2) is 14.8. The number of nitrogens with zero attached hydrogens (tertiary/aromatic N) is 2. The van der Waals surface area contributed by atoms with Gasteiger partial charge in [-0.2, -0.15) is 0 Å². The van der Waals surface area contributed by atoms with Gasteiger partial charge in [-0.1, -0.05) is 12.1 Å². The number of amides is 3. The fraction of sp³-hybridized carbons (Fsp3) is 0.391. The van der Waals surface area contributed by atoms with Gasteiger partial charge >= 0.3 is 5.97 Å². The van der Waals surface area contributed by atoms with Crippen molar-refractivity contribution in [2.24, 2.45) is 22.2 Å². The number of guanidine groups is 1. The van der Waals surface area contributed by atoms with Crippen LogP contribution in [0.4, 0.5) is 0 Å². The molecule has 3 amide bonds. The predicted octanol–water partition coefficient (Wildman–Crippen LogP) is -2.55. The van der Waals surface area contributed by atoms with E-state index >= 15 is 0 Å².